The highest BCUT2D eigenvalue weighted by Gasteiger charge is 2.19. The van der Waals surface area contributed by atoms with Crippen molar-refractivity contribution in [1.82, 2.24) is 15.6 Å². The molecule has 2 aromatic rings. The van der Waals surface area contributed by atoms with Crippen molar-refractivity contribution >= 4 is 40.7 Å². The second kappa shape index (κ2) is 8.59. The lowest BCUT2D eigenvalue weighted by atomic mass is 10.2. The van der Waals surface area contributed by atoms with E-state index in [0.717, 1.165) is 16.9 Å². The molecule has 0 saturated heterocycles. The first-order valence-corrected chi connectivity index (χ1v) is 8.48. The molecule has 0 saturated carbocycles. The van der Waals surface area contributed by atoms with E-state index in [9.17, 15) is 14.4 Å². The summed E-state index contributed by atoms with van der Waals surface area (Å²) < 4.78 is 4.97. The lowest BCUT2D eigenvalue weighted by Gasteiger charge is -2.05. The molecule has 0 aliphatic carbocycles. The smallest absolute Gasteiger partial charge is 0.350 e. The van der Waals surface area contributed by atoms with Crippen molar-refractivity contribution in [3.05, 3.63) is 39.9 Å². The number of nitrogens with zero attached hydrogens (tertiary/aromatic N) is 1. The molecule has 0 atom stereocenters. The van der Waals surface area contributed by atoms with E-state index in [-0.39, 0.29) is 12.5 Å². The Hall–Kier alpha value is -2.45. The van der Waals surface area contributed by atoms with Crippen LogP contribution < -0.4 is 10.6 Å². The van der Waals surface area contributed by atoms with Gasteiger partial charge < -0.3 is 15.4 Å². The number of ether oxygens (including phenoxy) is 1. The number of carbonyl (C=O) groups is 3. The Kier molecular flexibility index (Phi) is 6.49. The quantitative estimate of drug-likeness (QED) is 0.743. The number of likely N-dealkylation sites (N-methyl/N-ethyl adjacent to an activating group) is 1. The number of nitrogens with one attached hydrogen (secondary N) is 2. The molecule has 132 valence electrons. The SMILES string of the molecule is CNC(=O)CNC(=O)COC(=O)c1sc(-c2cccc(Cl)c2)nc1C. The zero-order valence-electron chi connectivity index (χ0n) is 13.6. The largest absolute Gasteiger partial charge is 0.451 e. The highest BCUT2D eigenvalue weighted by molar-refractivity contribution is 7.17. The summed E-state index contributed by atoms with van der Waals surface area (Å²) in [6.07, 6.45) is 0. The van der Waals surface area contributed by atoms with E-state index in [1.165, 1.54) is 7.05 Å². The van der Waals surface area contributed by atoms with Crippen molar-refractivity contribution < 1.29 is 19.1 Å². The number of benzene rings is 1. The van der Waals surface area contributed by atoms with Gasteiger partial charge in [0, 0.05) is 17.6 Å². The molecule has 2 rings (SSSR count). The van der Waals surface area contributed by atoms with Crippen molar-refractivity contribution in [2.45, 2.75) is 6.92 Å². The summed E-state index contributed by atoms with van der Waals surface area (Å²) in [6, 6.07) is 7.13. The van der Waals surface area contributed by atoms with E-state index in [2.05, 4.69) is 15.6 Å². The highest BCUT2D eigenvalue weighted by Crippen LogP contribution is 2.29. The van der Waals surface area contributed by atoms with Crippen LogP contribution in [0.1, 0.15) is 15.4 Å². The molecule has 0 aliphatic heterocycles. The number of aromatic nitrogens is 1. The number of aryl methyl sites for hydroxylation is 1. The number of thiazole rings is 1. The number of hydrogen-bond acceptors (Lipinski definition) is 6. The highest BCUT2D eigenvalue weighted by atomic mass is 35.5. The van der Waals surface area contributed by atoms with Gasteiger partial charge in [-0.05, 0) is 19.1 Å². The molecular weight excluding hydrogens is 366 g/mol. The molecule has 0 aliphatic rings. The van der Waals surface area contributed by atoms with Crippen LogP contribution in [0.3, 0.4) is 0 Å². The molecule has 7 nitrogen and oxygen atoms in total. The Morgan fingerprint density at radius 3 is 2.72 bits per heavy atom. The van der Waals surface area contributed by atoms with Crippen LogP contribution in [-0.4, -0.2) is 43.0 Å². The molecule has 25 heavy (non-hydrogen) atoms. The van der Waals surface area contributed by atoms with Gasteiger partial charge in [-0.2, -0.15) is 0 Å². The van der Waals surface area contributed by atoms with Crippen molar-refractivity contribution in [1.29, 1.82) is 0 Å². The molecule has 0 radical (unpaired) electrons. The van der Waals surface area contributed by atoms with Crippen LogP contribution in [0.4, 0.5) is 0 Å². The van der Waals surface area contributed by atoms with Gasteiger partial charge in [0.1, 0.15) is 9.88 Å². The molecule has 0 unspecified atom stereocenters. The maximum absolute atomic E-state index is 12.1. The van der Waals surface area contributed by atoms with Gasteiger partial charge in [0.25, 0.3) is 5.91 Å². The molecule has 2 amide bonds. The van der Waals surface area contributed by atoms with Gasteiger partial charge in [0.05, 0.1) is 12.2 Å². The molecular formula is C16H16ClN3O4S. The van der Waals surface area contributed by atoms with Crippen LogP contribution in [0.25, 0.3) is 10.6 Å². The maximum atomic E-state index is 12.1. The minimum absolute atomic E-state index is 0.175. The monoisotopic (exact) mass is 381 g/mol. The van der Waals surface area contributed by atoms with Crippen LogP contribution >= 0.6 is 22.9 Å². The minimum atomic E-state index is -0.640. The fourth-order valence-electron chi connectivity index (χ4n) is 1.85. The van der Waals surface area contributed by atoms with Crippen molar-refractivity contribution in [2.75, 3.05) is 20.2 Å². The Labute approximate surface area is 153 Å². The van der Waals surface area contributed by atoms with E-state index in [1.807, 2.05) is 6.07 Å². The van der Waals surface area contributed by atoms with Gasteiger partial charge in [0.2, 0.25) is 5.91 Å². The van der Waals surface area contributed by atoms with Gasteiger partial charge in [-0.15, -0.1) is 11.3 Å². The van der Waals surface area contributed by atoms with E-state index in [4.69, 9.17) is 16.3 Å². The second-order valence-electron chi connectivity index (χ2n) is 4.97. The number of hydrogen-bond donors (Lipinski definition) is 2. The Bertz CT molecular complexity index is 806. The zero-order valence-corrected chi connectivity index (χ0v) is 15.2. The molecule has 1 aromatic carbocycles. The number of carbonyl (C=O) groups excluding carboxylic acids is 3. The molecule has 0 fully saturated rings. The first-order chi connectivity index (χ1) is 11.9. The third-order valence-electron chi connectivity index (χ3n) is 3.11. The predicted octanol–water partition coefficient (Wildman–Crippen LogP) is 1.79. The molecule has 9 heteroatoms. The minimum Gasteiger partial charge on any atom is -0.451 e. The average Bonchev–Trinajstić information content (AvgIpc) is 2.99. The number of amides is 2. The Morgan fingerprint density at radius 2 is 2.04 bits per heavy atom. The van der Waals surface area contributed by atoms with Crippen LogP contribution in [0.15, 0.2) is 24.3 Å². The molecule has 2 N–H and O–H groups in total. The summed E-state index contributed by atoms with van der Waals surface area (Å²) in [7, 11) is 1.46. The first kappa shape index (κ1) is 18.9. The van der Waals surface area contributed by atoms with Gasteiger partial charge in [-0.1, -0.05) is 23.7 Å². The second-order valence-corrected chi connectivity index (χ2v) is 6.41. The summed E-state index contributed by atoms with van der Waals surface area (Å²) in [6.45, 7) is 1.04. The van der Waals surface area contributed by atoms with Crippen molar-refractivity contribution in [3.63, 3.8) is 0 Å². The standard InChI is InChI=1S/C16H16ClN3O4S/c1-9-14(16(23)24-8-13(22)19-7-12(21)18-2)25-15(20-9)10-4-3-5-11(17)6-10/h3-6H,7-8H2,1-2H3,(H,18,21)(H,19,22). The fourth-order valence-corrected chi connectivity index (χ4v) is 2.99. The first-order valence-electron chi connectivity index (χ1n) is 7.28. The van der Waals surface area contributed by atoms with E-state index >= 15 is 0 Å². The van der Waals surface area contributed by atoms with Crippen LogP contribution in [-0.2, 0) is 14.3 Å². The fraction of sp³-hybridized carbons (Fsp3) is 0.250. The number of esters is 1. The Morgan fingerprint density at radius 1 is 1.28 bits per heavy atom. The average molecular weight is 382 g/mol. The van der Waals surface area contributed by atoms with Crippen LogP contribution in [0, 0.1) is 6.92 Å². The van der Waals surface area contributed by atoms with Gasteiger partial charge >= 0.3 is 5.97 Å². The van der Waals surface area contributed by atoms with Gasteiger partial charge in [-0.3, -0.25) is 9.59 Å². The summed E-state index contributed by atoms with van der Waals surface area (Å²) >= 11 is 7.13. The van der Waals surface area contributed by atoms with E-state index in [0.29, 0.717) is 20.6 Å². The summed E-state index contributed by atoms with van der Waals surface area (Å²) in [4.78, 5) is 39.4. The molecule has 0 spiro atoms. The van der Waals surface area contributed by atoms with Crippen molar-refractivity contribution in [2.24, 2.45) is 0 Å². The normalized spacial score (nSPS) is 10.2. The number of rotatable bonds is 6. The van der Waals surface area contributed by atoms with E-state index in [1.54, 1.807) is 25.1 Å². The third-order valence-corrected chi connectivity index (χ3v) is 4.53. The maximum Gasteiger partial charge on any atom is 0.350 e. The van der Waals surface area contributed by atoms with Crippen molar-refractivity contribution in [3.8, 4) is 10.6 Å². The summed E-state index contributed by atoms with van der Waals surface area (Å²) in [5.41, 5.74) is 1.30. The van der Waals surface area contributed by atoms with E-state index < -0.39 is 18.5 Å². The topological polar surface area (TPSA) is 97.4 Å². The zero-order chi connectivity index (χ0) is 18.4. The summed E-state index contributed by atoms with van der Waals surface area (Å²) in [5, 5.41) is 5.91. The Balaban J connectivity index is 1.98. The summed E-state index contributed by atoms with van der Waals surface area (Å²) in [5.74, 6) is -1.54. The van der Waals surface area contributed by atoms with Crippen LogP contribution in [0.5, 0.6) is 0 Å². The predicted molar refractivity (Wildman–Crippen MR) is 94.7 cm³/mol. The lowest BCUT2D eigenvalue weighted by Crippen LogP contribution is -2.37. The molecule has 1 heterocycles. The molecule has 0 bridgehead atoms. The van der Waals surface area contributed by atoms with Gasteiger partial charge in [-0.25, -0.2) is 9.78 Å². The van der Waals surface area contributed by atoms with Crippen LogP contribution in [0.2, 0.25) is 5.02 Å². The lowest BCUT2D eigenvalue weighted by molar-refractivity contribution is -0.127. The number of halogens is 1. The third kappa shape index (κ3) is 5.27. The molecule has 1 aromatic heterocycles. The van der Waals surface area contributed by atoms with Gasteiger partial charge in [0.15, 0.2) is 6.61 Å².